The smallest absolute Gasteiger partial charge is 0.149 e. The maximum atomic E-state index is 13.9. The van der Waals surface area contributed by atoms with Crippen LogP contribution in [0.15, 0.2) is 27.5 Å². The number of halogens is 3. The number of aliphatic imine (C=N–C) groups is 1. The molecule has 6 heteroatoms. The molecule has 0 aliphatic heterocycles. The van der Waals surface area contributed by atoms with Gasteiger partial charge in [0.2, 0.25) is 0 Å². The Morgan fingerprint density at radius 3 is 2.88 bits per heavy atom. The van der Waals surface area contributed by atoms with Gasteiger partial charge < -0.3 is 5.32 Å². The van der Waals surface area contributed by atoms with Crippen LogP contribution in [-0.4, -0.2) is 24.0 Å². The van der Waals surface area contributed by atoms with E-state index >= 15 is 0 Å². The molecule has 0 radical (unpaired) electrons. The fourth-order valence-corrected chi connectivity index (χ4v) is 2.07. The van der Waals surface area contributed by atoms with E-state index in [4.69, 9.17) is 17.0 Å². The van der Waals surface area contributed by atoms with Crippen molar-refractivity contribution in [1.82, 2.24) is 5.32 Å². The Balaban J connectivity index is 3.14. The average molecular weight is 309 g/mol. The maximum absolute atomic E-state index is 13.9. The number of allylic oxidation sites excluding steroid dienone is 2. The molecule has 2 unspecified atom stereocenters. The molecule has 1 aliphatic rings. The third-order valence-electron chi connectivity index (χ3n) is 2.27. The fraction of sp³-hybridized carbons (Fsp3) is 0.400. The zero-order valence-corrected chi connectivity index (χ0v) is 11.2. The molecule has 1 aliphatic carbocycles. The topological polar surface area (TPSA) is 48.2 Å². The van der Waals surface area contributed by atoms with Gasteiger partial charge in [-0.15, -0.1) is 0 Å². The zero-order valence-electron chi connectivity index (χ0n) is 8.89. The molecule has 2 N–H and O–H groups in total. The fourth-order valence-electron chi connectivity index (χ4n) is 1.42. The first kappa shape index (κ1) is 13.4. The van der Waals surface area contributed by atoms with Crippen molar-refractivity contribution in [2.75, 3.05) is 7.05 Å². The van der Waals surface area contributed by atoms with E-state index in [0.717, 1.165) is 6.34 Å². The Kier molecular flexibility index (Phi) is 4.68. The van der Waals surface area contributed by atoms with Gasteiger partial charge in [0.15, 0.2) is 0 Å². The Morgan fingerprint density at radius 2 is 2.38 bits per heavy atom. The molecule has 0 bridgehead atoms. The van der Waals surface area contributed by atoms with E-state index in [0.29, 0.717) is 11.4 Å². The van der Waals surface area contributed by atoms with Crippen LogP contribution in [0.1, 0.15) is 6.92 Å². The van der Waals surface area contributed by atoms with Crippen molar-refractivity contribution in [3.63, 3.8) is 0 Å². The average Bonchev–Trinajstić information content (AvgIpc) is 2.28. The highest BCUT2D eigenvalue weighted by Crippen LogP contribution is 2.36. The molecular weight excluding hydrogens is 296 g/mol. The van der Waals surface area contributed by atoms with E-state index in [9.17, 15) is 4.39 Å². The quantitative estimate of drug-likeness (QED) is 0.460. The normalized spacial score (nSPS) is 26.6. The van der Waals surface area contributed by atoms with Crippen LogP contribution in [0.2, 0.25) is 0 Å². The highest BCUT2D eigenvalue weighted by atomic mass is 79.9. The molecule has 2 atom stereocenters. The SMILES string of the molecule is CN=C(NC=N)C1=CC(C)C(Br)C(Cl)=C1F. The molecule has 0 amide bonds. The number of hydrogen-bond acceptors (Lipinski definition) is 2. The number of hydrogen-bond donors (Lipinski definition) is 2. The zero-order chi connectivity index (χ0) is 12.3. The lowest BCUT2D eigenvalue weighted by atomic mass is 9.96. The van der Waals surface area contributed by atoms with E-state index in [1.807, 2.05) is 6.92 Å². The lowest BCUT2D eigenvalue weighted by Gasteiger charge is -2.23. The van der Waals surface area contributed by atoms with Gasteiger partial charge in [-0.3, -0.25) is 10.4 Å². The van der Waals surface area contributed by atoms with Crippen LogP contribution in [-0.2, 0) is 0 Å². The number of nitrogens with zero attached hydrogens (tertiary/aromatic N) is 1. The van der Waals surface area contributed by atoms with E-state index in [2.05, 4.69) is 26.2 Å². The monoisotopic (exact) mass is 307 g/mol. The summed E-state index contributed by atoms with van der Waals surface area (Å²) < 4.78 is 13.9. The van der Waals surface area contributed by atoms with Gasteiger partial charge in [-0.05, 0) is 5.92 Å². The van der Waals surface area contributed by atoms with Gasteiger partial charge in [0.05, 0.1) is 21.8 Å². The van der Waals surface area contributed by atoms with Crippen molar-refractivity contribution in [1.29, 1.82) is 5.41 Å². The van der Waals surface area contributed by atoms with Crippen LogP contribution in [0.25, 0.3) is 0 Å². The van der Waals surface area contributed by atoms with Crippen LogP contribution in [0.5, 0.6) is 0 Å². The van der Waals surface area contributed by atoms with Crippen LogP contribution in [0.3, 0.4) is 0 Å². The molecule has 88 valence electrons. The van der Waals surface area contributed by atoms with Gasteiger partial charge in [-0.1, -0.05) is 40.5 Å². The van der Waals surface area contributed by atoms with Gasteiger partial charge in [0.25, 0.3) is 0 Å². The minimum absolute atomic E-state index is 0.0614. The Hall–Kier alpha value is -0.680. The summed E-state index contributed by atoms with van der Waals surface area (Å²) in [6.45, 7) is 1.92. The standard InChI is InChI=1S/C10H12BrClFN3/c1-5-3-6(10(15-2)16-4-14)9(13)8(12)7(5)11/h3-5,7H,1-2H3,(H2,14,15,16). The largest absolute Gasteiger partial charge is 0.331 e. The molecule has 0 spiro atoms. The summed E-state index contributed by atoms with van der Waals surface area (Å²) in [7, 11) is 1.53. The number of nitrogens with one attached hydrogen (secondary N) is 2. The molecule has 0 saturated carbocycles. The van der Waals surface area contributed by atoms with Crippen molar-refractivity contribution in [3.05, 3.63) is 22.5 Å². The summed E-state index contributed by atoms with van der Waals surface area (Å²) in [6.07, 6.45) is 2.69. The van der Waals surface area contributed by atoms with Crippen molar-refractivity contribution in [2.45, 2.75) is 11.8 Å². The minimum atomic E-state index is -0.503. The molecule has 16 heavy (non-hydrogen) atoms. The van der Waals surface area contributed by atoms with Crippen molar-refractivity contribution in [2.24, 2.45) is 10.9 Å². The third-order valence-corrected chi connectivity index (χ3v) is 4.22. The Morgan fingerprint density at radius 1 is 1.75 bits per heavy atom. The highest BCUT2D eigenvalue weighted by molar-refractivity contribution is 9.09. The van der Waals surface area contributed by atoms with Crippen LogP contribution in [0.4, 0.5) is 4.39 Å². The second-order valence-corrected chi connectivity index (χ2v) is 4.76. The van der Waals surface area contributed by atoms with E-state index in [1.165, 1.54) is 7.05 Å². The maximum Gasteiger partial charge on any atom is 0.149 e. The van der Waals surface area contributed by atoms with Crippen molar-refractivity contribution < 1.29 is 4.39 Å². The molecule has 3 nitrogen and oxygen atoms in total. The molecule has 0 saturated heterocycles. The van der Waals surface area contributed by atoms with Gasteiger partial charge in [0, 0.05) is 7.05 Å². The van der Waals surface area contributed by atoms with Crippen LogP contribution < -0.4 is 5.32 Å². The number of amidine groups is 1. The molecule has 0 aromatic carbocycles. The summed E-state index contributed by atoms with van der Waals surface area (Å²) in [5, 5.41) is 9.64. The van der Waals surface area contributed by atoms with Crippen molar-refractivity contribution in [3.8, 4) is 0 Å². The van der Waals surface area contributed by atoms with E-state index < -0.39 is 5.83 Å². The summed E-state index contributed by atoms with van der Waals surface area (Å²) in [6, 6.07) is 0. The van der Waals surface area contributed by atoms with Crippen LogP contribution in [0, 0.1) is 11.3 Å². The molecule has 0 fully saturated rings. The first-order chi connectivity index (χ1) is 7.52. The van der Waals surface area contributed by atoms with Gasteiger partial charge >= 0.3 is 0 Å². The summed E-state index contributed by atoms with van der Waals surface area (Å²) in [5.41, 5.74) is 0.305. The molecular formula is C10H12BrClFN3. The van der Waals surface area contributed by atoms with Gasteiger partial charge in [-0.2, -0.15) is 0 Å². The summed E-state index contributed by atoms with van der Waals surface area (Å²) >= 11 is 9.20. The summed E-state index contributed by atoms with van der Waals surface area (Å²) in [4.78, 5) is 3.67. The Bertz CT molecular complexity index is 390. The predicted octanol–water partition coefficient (Wildman–Crippen LogP) is 2.97. The minimum Gasteiger partial charge on any atom is -0.331 e. The molecule has 0 aromatic heterocycles. The second kappa shape index (κ2) is 5.59. The highest BCUT2D eigenvalue weighted by Gasteiger charge is 2.28. The molecule has 1 rings (SSSR count). The second-order valence-electron chi connectivity index (χ2n) is 3.36. The van der Waals surface area contributed by atoms with Gasteiger partial charge in [0.1, 0.15) is 11.7 Å². The molecule has 0 heterocycles. The van der Waals surface area contributed by atoms with Gasteiger partial charge in [-0.25, -0.2) is 4.39 Å². The van der Waals surface area contributed by atoms with E-state index in [-0.39, 0.29) is 15.8 Å². The first-order valence-electron chi connectivity index (χ1n) is 4.67. The first-order valence-corrected chi connectivity index (χ1v) is 5.96. The number of alkyl halides is 1. The lowest BCUT2D eigenvalue weighted by molar-refractivity contribution is 0.616. The van der Waals surface area contributed by atoms with Crippen molar-refractivity contribution >= 4 is 39.7 Å². The molecule has 0 aromatic rings. The number of rotatable bonds is 2. The van der Waals surface area contributed by atoms with E-state index in [1.54, 1.807) is 6.08 Å². The summed E-state index contributed by atoms with van der Waals surface area (Å²) in [5.74, 6) is -0.139. The Labute approximate surface area is 107 Å². The predicted molar refractivity (Wildman–Crippen MR) is 69.2 cm³/mol. The lowest BCUT2D eigenvalue weighted by Crippen LogP contribution is -2.27. The third kappa shape index (κ3) is 2.52. The van der Waals surface area contributed by atoms with Crippen LogP contribution >= 0.6 is 27.5 Å².